The molecule has 7 nitrogen and oxygen atoms in total. The smallest absolute Gasteiger partial charge is 0.247 e. The summed E-state index contributed by atoms with van der Waals surface area (Å²) < 4.78 is 51.3. The third kappa shape index (κ3) is 4.48. The van der Waals surface area contributed by atoms with E-state index in [1.165, 1.54) is 0 Å². The lowest BCUT2D eigenvalue weighted by Crippen LogP contribution is -2.25. The van der Waals surface area contributed by atoms with Crippen molar-refractivity contribution < 1.29 is 16.8 Å². The predicted molar refractivity (Wildman–Crippen MR) is 107 cm³/mol. The number of rotatable bonds is 6. The summed E-state index contributed by atoms with van der Waals surface area (Å²) in [5, 5.41) is 4.33. The molecule has 1 aliphatic rings. The number of anilines is 1. The molecule has 2 aromatic rings. The molecule has 0 unspecified atom stereocenters. The maximum absolute atomic E-state index is 12.2. The summed E-state index contributed by atoms with van der Waals surface area (Å²) in [5.41, 5.74) is 2.72. The summed E-state index contributed by atoms with van der Waals surface area (Å²) in [6, 6.07) is 15.7. The van der Waals surface area contributed by atoms with Crippen molar-refractivity contribution in [2.45, 2.75) is 19.4 Å². The lowest BCUT2D eigenvalue weighted by Gasteiger charge is -2.21. The Hall–Kier alpha value is -2.39. The van der Waals surface area contributed by atoms with Crippen molar-refractivity contribution in [2.75, 3.05) is 16.7 Å². The van der Waals surface area contributed by atoms with E-state index < -0.39 is 26.1 Å². The van der Waals surface area contributed by atoms with Gasteiger partial charge in [-0.3, -0.25) is 4.72 Å². The van der Waals surface area contributed by atoms with Gasteiger partial charge >= 0.3 is 0 Å². The lowest BCUT2D eigenvalue weighted by atomic mass is 9.99. The van der Waals surface area contributed by atoms with Gasteiger partial charge in [-0.2, -0.15) is 9.52 Å². The molecule has 1 aliphatic heterocycles. The molecule has 0 saturated carbocycles. The van der Waals surface area contributed by atoms with E-state index in [9.17, 15) is 16.8 Å². The number of nitrogens with one attached hydrogen (secondary N) is 1. The largest absolute Gasteiger partial charge is 0.284 e. The molecule has 0 aromatic heterocycles. The Balaban J connectivity index is 1.88. The fourth-order valence-corrected chi connectivity index (χ4v) is 4.42. The molecule has 27 heavy (non-hydrogen) atoms. The van der Waals surface area contributed by atoms with Gasteiger partial charge in [-0.25, -0.2) is 16.8 Å². The van der Waals surface area contributed by atoms with Crippen LogP contribution in [0.15, 0.2) is 59.7 Å². The zero-order valence-corrected chi connectivity index (χ0v) is 16.7. The molecule has 0 fully saturated rings. The Labute approximate surface area is 159 Å². The summed E-state index contributed by atoms with van der Waals surface area (Å²) in [7, 11) is -6.87. The van der Waals surface area contributed by atoms with Crippen LogP contribution in [0.25, 0.3) is 0 Å². The van der Waals surface area contributed by atoms with Gasteiger partial charge in [0.15, 0.2) is 0 Å². The minimum Gasteiger partial charge on any atom is -0.284 e. The van der Waals surface area contributed by atoms with Crippen molar-refractivity contribution in [1.29, 1.82) is 0 Å². The SMILES string of the molecule is CCS(=O)(=O)Nc1ccc(C2=NN(S(C)(=O)=O)[C@@H](c3ccccc3)C2)cc1. The highest BCUT2D eigenvalue weighted by Gasteiger charge is 2.34. The Morgan fingerprint density at radius 1 is 1.04 bits per heavy atom. The number of hydrogen-bond donors (Lipinski definition) is 1. The normalized spacial score (nSPS) is 17.6. The van der Waals surface area contributed by atoms with Crippen LogP contribution in [-0.4, -0.2) is 39.0 Å². The van der Waals surface area contributed by atoms with E-state index >= 15 is 0 Å². The van der Waals surface area contributed by atoms with E-state index in [0.717, 1.165) is 21.8 Å². The van der Waals surface area contributed by atoms with Gasteiger partial charge in [0.1, 0.15) is 0 Å². The van der Waals surface area contributed by atoms with Gasteiger partial charge in [-0.1, -0.05) is 42.5 Å². The zero-order chi connectivity index (χ0) is 19.7. The van der Waals surface area contributed by atoms with Crippen LogP contribution in [0, 0.1) is 0 Å². The molecule has 0 amide bonds. The van der Waals surface area contributed by atoms with E-state index in [4.69, 9.17) is 0 Å². The van der Waals surface area contributed by atoms with E-state index in [0.29, 0.717) is 17.8 Å². The summed E-state index contributed by atoms with van der Waals surface area (Å²) >= 11 is 0. The summed E-state index contributed by atoms with van der Waals surface area (Å²) in [6.07, 6.45) is 1.58. The maximum atomic E-state index is 12.2. The Bertz CT molecular complexity index is 1050. The Kier molecular flexibility index (Phi) is 5.25. The average Bonchev–Trinajstić information content (AvgIpc) is 3.09. The second kappa shape index (κ2) is 7.32. The number of nitrogens with zero attached hydrogens (tertiary/aromatic N) is 2. The van der Waals surface area contributed by atoms with E-state index in [1.807, 2.05) is 30.3 Å². The molecule has 144 valence electrons. The molecule has 0 radical (unpaired) electrons. The van der Waals surface area contributed by atoms with E-state index in [2.05, 4.69) is 9.82 Å². The number of sulfonamides is 2. The van der Waals surface area contributed by atoms with Gasteiger partial charge in [0, 0.05) is 12.1 Å². The van der Waals surface area contributed by atoms with Gasteiger partial charge in [0.05, 0.1) is 23.8 Å². The van der Waals surface area contributed by atoms with Crippen LogP contribution in [-0.2, 0) is 20.0 Å². The topological polar surface area (TPSA) is 95.9 Å². The molecule has 0 aliphatic carbocycles. The van der Waals surface area contributed by atoms with Crippen molar-refractivity contribution >= 4 is 31.4 Å². The van der Waals surface area contributed by atoms with Crippen molar-refractivity contribution in [3.8, 4) is 0 Å². The molecule has 2 aromatic carbocycles. The van der Waals surface area contributed by atoms with Crippen LogP contribution in [0.2, 0.25) is 0 Å². The van der Waals surface area contributed by atoms with Crippen LogP contribution >= 0.6 is 0 Å². The van der Waals surface area contributed by atoms with Gasteiger partial charge in [0.25, 0.3) is 0 Å². The molecule has 1 N–H and O–H groups in total. The quantitative estimate of drug-likeness (QED) is 0.796. The highest BCUT2D eigenvalue weighted by molar-refractivity contribution is 7.92. The number of hydrazone groups is 1. The van der Waals surface area contributed by atoms with Gasteiger partial charge in [0.2, 0.25) is 20.0 Å². The minimum absolute atomic E-state index is 0.0104. The average molecular weight is 408 g/mol. The van der Waals surface area contributed by atoms with Gasteiger partial charge in [-0.05, 0) is 30.2 Å². The molecular weight excluding hydrogens is 386 g/mol. The second-order valence-electron chi connectivity index (χ2n) is 6.30. The number of hydrogen-bond acceptors (Lipinski definition) is 5. The first-order valence-corrected chi connectivity index (χ1v) is 11.9. The van der Waals surface area contributed by atoms with Crippen molar-refractivity contribution in [3.05, 3.63) is 65.7 Å². The minimum atomic E-state index is -3.52. The summed E-state index contributed by atoms with van der Waals surface area (Å²) in [4.78, 5) is 0. The molecule has 0 bridgehead atoms. The lowest BCUT2D eigenvalue weighted by molar-refractivity contribution is 0.375. The van der Waals surface area contributed by atoms with Crippen molar-refractivity contribution in [3.63, 3.8) is 0 Å². The van der Waals surface area contributed by atoms with Crippen LogP contribution < -0.4 is 4.72 Å². The molecule has 0 saturated heterocycles. The Morgan fingerprint density at radius 3 is 2.22 bits per heavy atom. The third-order valence-corrected chi connectivity index (χ3v) is 6.59. The van der Waals surface area contributed by atoms with Crippen LogP contribution in [0.5, 0.6) is 0 Å². The highest BCUT2D eigenvalue weighted by Crippen LogP contribution is 2.34. The van der Waals surface area contributed by atoms with Crippen LogP contribution in [0.3, 0.4) is 0 Å². The zero-order valence-electron chi connectivity index (χ0n) is 15.0. The standard InChI is InChI=1S/C18H21N3O4S2/c1-3-27(24,25)20-16-11-9-14(10-12-16)17-13-18(15-7-5-4-6-8-15)21(19-17)26(2,22)23/h4-12,18,20H,3,13H2,1-2H3/t18-/m1/s1. The molecule has 0 spiro atoms. The predicted octanol–water partition coefficient (Wildman–Crippen LogP) is 2.56. The van der Waals surface area contributed by atoms with Crippen LogP contribution in [0.1, 0.15) is 30.5 Å². The fraction of sp³-hybridized carbons (Fsp3) is 0.278. The van der Waals surface area contributed by atoms with E-state index in [1.54, 1.807) is 31.2 Å². The first kappa shape index (κ1) is 19.4. The maximum Gasteiger partial charge on any atom is 0.247 e. The molecule has 3 rings (SSSR count). The fourth-order valence-electron chi connectivity index (χ4n) is 2.87. The summed E-state index contributed by atoms with van der Waals surface area (Å²) in [6.45, 7) is 1.56. The Morgan fingerprint density at radius 2 is 1.67 bits per heavy atom. The first-order valence-electron chi connectivity index (χ1n) is 8.42. The van der Waals surface area contributed by atoms with Gasteiger partial charge < -0.3 is 0 Å². The van der Waals surface area contributed by atoms with Crippen molar-refractivity contribution in [2.24, 2.45) is 5.10 Å². The molecular formula is C18H21N3O4S2. The van der Waals surface area contributed by atoms with E-state index in [-0.39, 0.29) is 5.75 Å². The second-order valence-corrected chi connectivity index (χ2v) is 10.1. The van der Waals surface area contributed by atoms with Gasteiger partial charge in [-0.15, -0.1) is 0 Å². The highest BCUT2D eigenvalue weighted by atomic mass is 32.2. The monoisotopic (exact) mass is 407 g/mol. The van der Waals surface area contributed by atoms with Crippen LogP contribution in [0.4, 0.5) is 5.69 Å². The summed E-state index contributed by atoms with van der Waals surface area (Å²) in [5.74, 6) is -0.0104. The molecule has 1 heterocycles. The van der Waals surface area contributed by atoms with Crippen molar-refractivity contribution in [1.82, 2.24) is 4.41 Å². The molecule has 1 atom stereocenters. The third-order valence-electron chi connectivity index (χ3n) is 4.27. The first-order chi connectivity index (χ1) is 12.7. The molecule has 9 heteroatoms. The number of benzene rings is 2.